The third kappa shape index (κ3) is 3.25. The molecule has 0 bridgehead atoms. The number of aromatic nitrogens is 2. The summed E-state index contributed by atoms with van der Waals surface area (Å²) in [5.74, 6) is 0.0699. The average molecular weight is 398 g/mol. The Morgan fingerprint density at radius 3 is 2.78 bits per heavy atom. The molecule has 0 aliphatic heterocycles. The number of benzene rings is 1. The van der Waals surface area contributed by atoms with Crippen molar-refractivity contribution in [2.45, 2.75) is 31.8 Å². The van der Waals surface area contributed by atoms with E-state index in [1.165, 1.54) is 28.9 Å². The van der Waals surface area contributed by atoms with Gasteiger partial charge >= 0.3 is 12.5 Å². The lowest BCUT2D eigenvalue weighted by Gasteiger charge is -2.18. The number of fused-ring (bicyclic) bond motifs is 3. The van der Waals surface area contributed by atoms with Crippen LogP contribution in [-0.4, -0.2) is 22.5 Å². The van der Waals surface area contributed by atoms with Crippen molar-refractivity contribution >= 4 is 38.7 Å². The van der Waals surface area contributed by atoms with Crippen LogP contribution in [0.25, 0.3) is 10.2 Å². The minimum atomic E-state index is -4.61. The van der Waals surface area contributed by atoms with Gasteiger partial charge in [-0.05, 0) is 43.0 Å². The summed E-state index contributed by atoms with van der Waals surface area (Å²) >= 11 is 1.64. The van der Waals surface area contributed by atoms with E-state index in [2.05, 4.69) is 20.0 Å². The van der Waals surface area contributed by atoms with Crippen LogP contribution in [0.1, 0.15) is 16.9 Å². The molecule has 3 aromatic rings. The summed E-state index contributed by atoms with van der Waals surface area (Å²) < 4.78 is 54.8. The Balaban J connectivity index is 1.63. The van der Waals surface area contributed by atoms with Gasteiger partial charge in [0.1, 0.15) is 22.7 Å². The number of hydrogen-bond acceptors (Lipinski definition) is 6. The van der Waals surface area contributed by atoms with Crippen molar-refractivity contribution in [1.82, 2.24) is 9.97 Å². The predicted molar refractivity (Wildman–Crippen MR) is 95.2 cm³/mol. The van der Waals surface area contributed by atoms with E-state index < -0.39 is 18.3 Å². The topological polar surface area (TPSA) is 73.1 Å². The van der Waals surface area contributed by atoms with E-state index in [1.807, 2.05) is 0 Å². The Morgan fingerprint density at radius 2 is 2.04 bits per heavy atom. The van der Waals surface area contributed by atoms with Crippen LogP contribution in [0.15, 0.2) is 24.5 Å². The minimum Gasteiger partial charge on any atom is -0.426 e. The first-order valence-electron chi connectivity index (χ1n) is 8.12. The monoisotopic (exact) mass is 398 g/mol. The second-order valence-electron chi connectivity index (χ2n) is 6.10. The Bertz CT molecular complexity index is 1010. The molecular weight excluding hydrogens is 384 g/mol. The number of alkyl halides is 4. The van der Waals surface area contributed by atoms with E-state index in [1.54, 1.807) is 11.3 Å². The van der Waals surface area contributed by atoms with Crippen molar-refractivity contribution in [3.8, 4) is 5.75 Å². The van der Waals surface area contributed by atoms with E-state index in [0.29, 0.717) is 11.5 Å². The van der Waals surface area contributed by atoms with Crippen molar-refractivity contribution < 1.29 is 22.3 Å². The number of anilines is 3. The number of hydrogen-bond donors (Lipinski definition) is 2. The lowest BCUT2D eigenvalue weighted by atomic mass is 10.2. The smallest absolute Gasteiger partial charge is 0.426 e. The molecule has 0 spiro atoms. The molecule has 0 radical (unpaired) electrons. The molecule has 2 heterocycles. The first kappa shape index (κ1) is 17.8. The molecule has 5 nitrogen and oxygen atoms in total. The Hall–Kier alpha value is -2.62. The van der Waals surface area contributed by atoms with Gasteiger partial charge in [-0.1, -0.05) is 0 Å². The fraction of sp³-hybridized carbons (Fsp3) is 0.294. The van der Waals surface area contributed by atoms with E-state index >= 15 is 0 Å². The van der Waals surface area contributed by atoms with Gasteiger partial charge in [0.15, 0.2) is 0 Å². The maximum Gasteiger partial charge on any atom is 0.461 e. The van der Waals surface area contributed by atoms with E-state index in [-0.39, 0.29) is 5.69 Å². The summed E-state index contributed by atoms with van der Waals surface area (Å²) in [6, 6.07) is 3.86. The van der Waals surface area contributed by atoms with Crippen molar-refractivity contribution in [3.63, 3.8) is 0 Å². The number of nitrogens with two attached hydrogens (primary N) is 1. The van der Waals surface area contributed by atoms with Gasteiger partial charge in [0.2, 0.25) is 0 Å². The molecule has 142 valence electrons. The summed E-state index contributed by atoms with van der Waals surface area (Å²) in [7, 11) is 0. The zero-order valence-electron chi connectivity index (χ0n) is 13.8. The number of rotatable bonds is 5. The standard InChI is InChI=1S/C17H14F4N4OS/c18-16(19)17(20,21)26-11-5-4-8(6-10(11)22)25-14-13-9-2-1-3-12(9)27-15(13)24-7-23-14/h4-7,16H,1-3,22H2,(H,23,24,25). The zero-order chi connectivity index (χ0) is 19.2. The molecule has 0 saturated heterocycles. The van der Waals surface area contributed by atoms with Crippen LogP contribution >= 0.6 is 11.3 Å². The Kier molecular flexibility index (Phi) is 4.29. The highest BCUT2D eigenvalue weighted by Gasteiger charge is 2.44. The number of aryl methyl sites for hydroxylation is 2. The van der Waals surface area contributed by atoms with Crippen LogP contribution in [0.3, 0.4) is 0 Å². The molecule has 1 aliphatic rings. The maximum atomic E-state index is 13.1. The van der Waals surface area contributed by atoms with Crippen LogP contribution in [0.4, 0.5) is 34.8 Å². The normalized spacial score (nSPS) is 14.0. The molecule has 0 fully saturated rings. The Labute approximate surface area is 155 Å². The van der Waals surface area contributed by atoms with Crippen molar-refractivity contribution in [2.24, 2.45) is 0 Å². The fourth-order valence-electron chi connectivity index (χ4n) is 3.07. The SMILES string of the molecule is Nc1cc(Nc2ncnc3sc4c(c23)CCC4)ccc1OC(F)(F)C(F)F. The van der Waals surface area contributed by atoms with Crippen molar-refractivity contribution in [3.05, 3.63) is 35.0 Å². The molecule has 0 unspecified atom stereocenters. The third-order valence-electron chi connectivity index (χ3n) is 4.27. The summed E-state index contributed by atoms with van der Waals surface area (Å²) in [5.41, 5.74) is 7.19. The van der Waals surface area contributed by atoms with Gasteiger partial charge < -0.3 is 15.8 Å². The van der Waals surface area contributed by atoms with Crippen LogP contribution in [-0.2, 0) is 12.8 Å². The third-order valence-corrected chi connectivity index (χ3v) is 5.47. The lowest BCUT2D eigenvalue weighted by molar-refractivity contribution is -0.252. The molecule has 0 amide bonds. The predicted octanol–water partition coefficient (Wildman–Crippen LogP) is 4.74. The van der Waals surface area contributed by atoms with Crippen LogP contribution in [0.5, 0.6) is 5.75 Å². The van der Waals surface area contributed by atoms with Crippen molar-refractivity contribution in [2.75, 3.05) is 11.1 Å². The quantitative estimate of drug-likeness (QED) is 0.480. The molecule has 10 heteroatoms. The number of thiophene rings is 1. The highest BCUT2D eigenvalue weighted by molar-refractivity contribution is 7.19. The molecule has 0 atom stereocenters. The van der Waals surface area contributed by atoms with Crippen LogP contribution < -0.4 is 15.8 Å². The summed E-state index contributed by atoms with van der Waals surface area (Å²) in [4.78, 5) is 10.8. The van der Waals surface area contributed by atoms with Gasteiger partial charge in [0, 0.05) is 10.6 Å². The molecule has 2 aromatic heterocycles. The number of halogens is 4. The first-order valence-corrected chi connectivity index (χ1v) is 8.93. The number of ether oxygens (including phenoxy) is 1. The molecule has 1 aliphatic carbocycles. The number of nitrogens with one attached hydrogen (secondary N) is 1. The van der Waals surface area contributed by atoms with Gasteiger partial charge in [0.25, 0.3) is 0 Å². The highest BCUT2D eigenvalue weighted by atomic mass is 32.1. The van der Waals surface area contributed by atoms with Gasteiger partial charge in [-0.15, -0.1) is 11.3 Å². The molecule has 3 N–H and O–H groups in total. The van der Waals surface area contributed by atoms with Crippen LogP contribution in [0.2, 0.25) is 0 Å². The minimum absolute atomic E-state index is 0.193. The van der Waals surface area contributed by atoms with E-state index in [0.717, 1.165) is 35.5 Å². The van der Waals surface area contributed by atoms with Gasteiger partial charge in [-0.25, -0.2) is 9.97 Å². The number of nitrogens with zero attached hydrogens (tertiary/aromatic N) is 2. The second-order valence-corrected chi connectivity index (χ2v) is 7.19. The Morgan fingerprint density at radius 1 is 1.22 bits per heavy atom. The average Bonchev–Trinajstić information content (AvgIpc) is 3.18. The van der Waals surface area contributed by atoms with Crippen molar-refractivity contribution in [1.29, 1.82) is 0 Å². The molecular formula is C17H14F4N4OS. The van der Waals surface area contributed by atoms with E-state index in [9.17, 15) is 17.6 Å². The lowest BCUT2D eigenvalue weighted by Crippen LogP contribution is -2.33. The van der Waals surface area contributed by atoms with Gasteiger partial charge in [-0.2, -0.15) is 17.6 Å². The zero-order valence-corrected chi connectivity index (χ0v) is 14.6. The molecule has 27 heavy (non-hydrogen) atoms. The fourth-order valence-corrected chi connectivity index (χ4v) is 4.30. The van der Waals surface area contributed by atoms with Gasteiger partial charge in [0.05, 0.1) is 11.1 Å². The van der Waals surface area contributed by atoms with Crippen LogP contribution in [0, 0.1) is 0 Å². The summed E-state index contributed by atoms with van der Waals surface area (Å²) in [6.45, 7) is 0. The molecule has 4 rings (SSSR count). The summed E-state index contributed by atoms with van der Waals surface area (Å²) in [5, 5.41) is 4.04. The number of nitrogen functional groups attached to an aromatic ring is 1. The highest BCUT2D eigenvalue weighted by Crippen LogP contribution is 2.40. The molecule has 1 aromatic carbocycles. The van der Waals surface area contributed by atoms with Gasteiger partial charge in [-0.3, -0.25) is 0 Å². The maximum absolute atomic E-state index is 13.1. The first-order chi connectivity index (χ1) is 12.8. The largest absolute Gasteiger partial charge is 0.461 e. The van der Waals surface area contributed by atoms with E-state index in [4.69, 9.17) is 5.73 Å². The summed E-state index contributed by atoms with van der Waals surface area (Å²) in [6.07, 6.45) is -4.06. The second kappa shape index (κ2) is 6.52. The molecule has 0 saturated carbocycles.